The Hall–Kier alpha value is -2.13. The molecule has 2 aromatic carbocycles. The summed E-state index contributed by atoms with van der Waals surface area (Å²) < 4.78 is 30.1. The van der Waals surface area contributed by atoms with Crippen LogP contribution in [0, 0.1) is 5.92 Å². The largest absolute Gasteiger partial charge is 0.448 e. The number of carbonyl (C=O) groups is 2. The summed E-state index contributed by atoms with van der Waals surface area (Å²) in [6.45, 7) is 3.79. The van der Waals surface area contributed by atoms with E-state index in [1.165, 1.54) is 6.07 Å². The Bertz CT molecular complexity index is 1040. The number of benzene rings is 2. The zero-order valence-electron chi connectivity index (χ0n) is 17.3. The molecule has 7 nitrogen and oxygen atoms in total. The monoisotopic (exact) mass is 486 g/mol. The van der Waals surface area contributed by atoms with Gasteiger partial charge < -0.3 is 10.1 Å². The average molecular weight is 487 g/mol. The fourth-order valence-electron chi connectivity index (χ4n) is 2.65. The highest BCUT2D eigenvalue weighted by molar-refractivity contribution is 7.88. The van der Waals surface area contributed by atoms with Gasteiger partial charge in [0, 0.05) is 12.2 Å². The van der Waals surface area contributed by atoms with Crippen molar-refractivity contribution in [1.29, 1.82) is 0 Å². The van der Waals surface area contributed by atoms with E-state index in [2.05, 4.69) is 10.0 Å². The molecule has 0 bridgehead atoms. The van der Waals surface area contributed by atoms with E-state index >= 15 is 0 Å². The number of nitrogens with one attached hydrogen (secondary N) is 2. The van der Waals surface area contributed by atoms with Crippen molar-refractivity contribution >= 4 is 50.8 Å². The number of ether oxygens (including phenoxy) is 1. The number of halogens is 2. The minimum absolute atomic E-state index is 0.257. The lowest BCUT2D eigenvalue weighted by Crippen LogP contribution is -2.36. The van der Waals surface area contributed by atoms with E-state index in [0.717, 1.165) is 11.8 Å². The molecule has 10 heteroatoms. The number of rotatable bonds is 9. The number of anilines is 1. The van der Waals surface area contributed by atoms with Gasteiger partial charge in [-0.1, -0.05) is 49.2 Å². The van der Waals surface area contributed by atoms with Crippen LogP contribution in [-0.4, -0.2) is 39.2 Å². The molecule has 0 aliphatic carbocycles. The molecule has 0 spiro atoms. The molecule has 2 rings (SSSR count). The van der Waals surface area contributed by atoms with Gasteiger partial charge in [-0.2, -0.15) is 0 Å². The van der Waals surface area contributed by atoms with Crippen molar-refractivity contribution in [2.24, 2.45) is 5.92 Å². The van der Waals surface area contributed by atoms with Crippen molar-refractivity contribution in [3.05, 3.63) is 63.6 Å². The molecular weight excluding hydrogens is 463 g/mol. The predicted octanol–water partition coefficient (Wildman–Crippen LogP) is 3.91. The number of hydrogen-bond acceptors (Lipinski definition) is 5. The minimum Gasteiger partial charge on any atom is -0.448 e. The van der Waals surface area contributed by atoms with Crippen molar-refractivity contribution < 1.29 is 22.7 Å². The number of carbonyl (C=O) groups excluding carboxylic acids is 2. The molecule has 2 aromatic rings. The third-order valence-corrected chi connectivity index (χ3v) is 5.72. The first kappa shape index (κ1) is 25.1. The minimum atomic E-state index is -3.25. The topological polar surface area (TPSA) is 102 Å². The number of hydrogen-bond donors (Lipinski definition) is 2. The summed E-state index contributed by atoms with van der Waals surface area (Å²) in [7, 11) is -3.25. The van der Waals surface area contributed by atoms with Gasteiger partial charge in [0.15, 0.2) is 6.10 Å². The van der Waals surface area contributed by atoms with Crippen LogP contribution in [0.5, 0.6) is 0 Å². The molecule has 2 N–H and O–H groups in total. The van der Waals surface area contributed by atoms with Crippen LogP contribution in [0.4, 0.5) is 5.69 Å². The third kappa shape index (κ3) is 8.14. The predicted molar refractivity (Wildman–Crippen MR) is 122 cm³/mol. The normalized spacial score (nSPS) is 12.5. The van der Waals surface area contributed by atoms with Crippen LogP contribution < -0.4 is 10.0 Å². The van der Waals surface area contributed by atoms with Crippen LogP contribution in [0.1, 0.15) is 29.8 Å². The Morgan fingerprint density at radius 1 is 1.03 bits per heavy atom. The van der Waals surface area contributed by atoms with Crippen molar-refractivity contribution in [1.82, 2.24) is 4.72 Å². The molecule has 0 heterocycles. The van der Waals surface area contributed by atoms with Gasteiger partial charge in [0.2, 0.25) is 10.0 Å². The summed E-state index contributed by atoms with van der Waals surface area (Å²) >= 11 is 11.8. The molecule has 0 saturated heterocycles. The molecular formula is C21H24Cl2N2O5S. The Balaban J connectivity index is 2.01. The van der Waals surface area contributed by atoms with Gasteiger partial charge in [0.05, 0.1) is 21.9 Å². The van der Waals surface area contributed by atoms with Gasteiger partial charge in [0.25, 0.3) is 5.91 Å². The Kier molecular flexibility index (Phi) is 8.88. The SMILES string of the molecule is CC(C)[C@@H](OC(=O)c1ccc(CCNS(C)(=O)=O)cc1)C(=O)Nc1ccc(Cl)c(Cl)c1. The first-order chi connectivity index (χ1) is 14.5. The van der Waals surface area contributed by atoms with Gasteiger partial charge >= 0.3 is 5.97 Å². The summed E-state index contributed by atoms with van der Waals surface area (Å²) in [4.78, 5) is 25.2. The van der Waals surface area contributed by atoms with Gasteiger partial charge in [-0.15, -0.1) is 0 Å². The van der Waals surface area contributed by atoms with E-state index in [9.17, 15) is 18.0 Å². The second kappa shape index (κ2) is 10.9. The molecule has 168 valence electrons. The summed E-state index contributed by atoms with van der Waals surface area (Å²) in [5.74, 6) is -1.39. The van der Waals surface area contributed by atoms with Crippen molar-refractivity contribution in [3.8, 4) is 0 Å². The molecule has 0 unspecified atom stereocenters. The van der Waals surface area contributed by atoms with Gasteiger partial charge in [-0.05, 0) is 48.2 Å². The number of esters is 1. The fraction of sp³-hybridized carbons (Fsp3) is 0.333. The van der Waals surface area contributed by atoms with Crippen LogP contribution in [0.15, 0.2) is 42.5 Å². The van der Waals surface area contributed by atoms with Crippen LogP contribution in [0.25, 0.3) is 0 Å². The van der Waals surface area contributed by atoms with Gasteiger partial charge in [-0.3, -0.25) is 4.79 Å². The number of amides is 1. The second-order valence-corrected chi connectivity index (χ2v) is 9.95. The number of sulfonamides is 1. The lowest BCUT2D eigenvalue weighted by atomic mass is 10.1. The zero-order chi connectivity index (χ0) is 23.2. The van der Waals surface area contributed by atoms with Crippen molar-refractivity contribution in [2.45, 2.75) is 26.4 Å². The molecule has 0 aliphatic rings. The Morgan fingerprint density at radius 2 is 1.68 bits per heavy atom. The lowest BCUT2D eigenvalue weighted by Gasteiger charge is -2.21. The quantitative estimate of drug-likeness (QED) is 0.523. The Morgan fingerprint density at radius 3 is 2.23 bits per heavy atom. The van der Waals surface area contributed by atoms with Gasteiger partial charge in [0.1, 0.15) is 0 Å². The summed E-state index contributed by atoms with van der Waals surface area (Å²) in [6, 6.07) is 11.2. The van der Waals surface area contributed by atoms with Crippen molar-refractivity contribution in [2.75, 3.05) is 18.1 Å². The summed E-state index contributed by atoms with van der Waals surface area (Å²) in [5, 5.41) is 3.34. The second-order valence-electron chi connectivity index (χ2n) is 7.30. The van der Waals surface area contributed by atoms with Crippen LogP contribution in [-0.2, 0) is 26.0 Å². The van der Waals surface area contributed by atoms with Crippen molar-refractivity contribution in [3.63, 3.8) is 0 Å². The smallest absolute Gasteiger partial charge is 0.338 e. The summed E-state index contributed by atoms with van der Waals surface area (Å²) in [6.07, 6.45) is 0.554. The van der Waals surface area contributed by atoms with Crippen LogP contribution in [0.2, 0.25) is 10.0 Å². The first-order valence-corrected chi connectivity index (χ1v) is 12.1. The van der Waals surface area contributed by atoms with E-state index < -0.39 is 28.0 Å². The molecule has 1 atom stereocenters. The Labute approximate surface area is 192 Å². The zero-order valence-corrected chi connectivity index (χ0v) is 19.6. The molecule has 0 radical (unpaired) electrons. The standard InChI is InChI=1S/C21H24Cl2N2O5S/c1-13(2)19(20(26)25-16-8-9-17(22)18(23)12-16)30-21(27)15-6-4-14(5-7-15)10-11-24-31(3,28)29/h4-9,12-13,19,24H,10-11H2,1-3H3,(H,25,26)/t19-/m1/s1. The van der Waals surface area contributed by atoms with E-state index in [0.29, 0.717) is 22.2 Å². The third-order valence-electron chi connectivity index (χ3n) is 4.25. The molecule has 31 heavy (non-hydrogen) atoms. The molecule has 1 amide bonds. The maximum absolute atomic E-state index is 12.7. The van der Waals surface area contributed by atoms with E-state index in [1.54, 1.807) is 50.2 Å². The molecule has 0 saturated carbocycles. The lowest BCUT2D eigenvalue weighted by molar-refractivity contribution is -0.126. The first-order valence-electron chi connectivity index (χ1n) is 9.46. The summed E-state index contributed by atoms with van der Waals surface area (Å²) in [5.41, 5.74) is 1.58. The van der Waals surface area contributed by atoms with Gasteiger partial charge in [-0.25, -0.2) is 17.9 Å². The van der Waals surface area contributed by atoms with E-state index in [-0.39, 0.29) is 18.0 Å². The van der Waals surface area contributed by atoms with E-state index in [4.69, 9.17) is 27.9 Å². The average Bonchev–Trinajstić information content (AvgIpc) is 2.68. The highest BCUT2D eigenvalue weighted by Crippen LogP contribution is 2.25. The molecule has 0 aromatic heterocycles. The molecule has 0 aliphatic heterocycles. The maximum Gasteiger partial charge on any atom is 0.338 e. The fourth-order valence-corrected chi connectivity index (χ4v) is 3.42. The molecule has 0 fully saturated rings. The van der Waals surface area contributed by atoms with E-state index in [1.807, 2.05) is 0 Å². The highest BCUT2D eigenvalue weighted by Gasteiger charge is 2.27. The highest BCUT2D eigenvalue weighted by atomic mass is 35.5. The maximum atomic E-state index is 12.7. The van der Waals surface area contributed by atoms with Crippen LogP contribution in [0.3, 0.4) is 0 Å². The van der Waals surface area contributed by atoms with Crippen LogP contribution >= 0.6 is 23.2 Å².